The predicted molar refractivity (Wildman–Crippen MR) is 68.1 cm³/mol. The topological polar surface area (TPSA) is 42.1 Å². The molecule has 0 amide bonds. The Hall–Kier alpha value is -1.39. The molecule has 0 saturated carbocycles. The van der Waals surface area contributed by atoms with Gasteiger partial charge in [0.1, 0.15) is 0 Å². The molecule has 84 valence electrons. The number of aromatic nitrogens is 1. The molecular weight excluding hydrogens is 218 g/mol. The Morgan fingerprint density at radius 1 is 1.31 bits per heavy atom. The Kier molecular flexibility index (Phi) is 3.54. The van der Waals surface area contributed by atoms with Gasteiger partial charge >= 0.3 is 0 Å². The van der Waals surface area contributed by atoms with Crippen molar-refractivity contribution in [1.82, 2.24) is 9.88 Å². The van der Waals surface area contributed by atoms with E-state index in [0.29, 0.717) is 5.69 Å². The highest BCUT2D eigenvalue weighted by Crippen LogP contribution is 2.10. The molecule has 2 heterocycles. The molecule has 0 saturated heterocycles. The third kappa shape index (κ3) is 3.05. The molecule has 16 heavy (non-hydrogen) atoms. The first-order valence-corrected chi connectivity index (χ1v) is 6.08. The Labute approximate surface area is 99.5 Å². The van der Waals surface area contributed by atoms with Crippen LogP contribution in [0.1, 0.15) is 11.3 Å². The summed E-state index contributed by atoms with van der Waals surface area (Å²) in [5, 5.41) is 4.28. The van der Waals surface area contributed by atoms with Crippen LogP contribution < -0.4 is 5.73 Å². The maximum Gasteiger partial charge on any atom is 0.0545 e. The lowest BCUT2D eigenvalue weighted by Crippen LogP contribution is -2.17. The molecule has 0 radical (unpaired) electrons. The fraction of sp³-hybridized carbons (Fsp3) is 0.250. The monoisotopic (exact) mass is 233 g/mol. The second-order valence-corrected chi connectivity index (χ2v) is 4.67. The summed E-state index contributed by atoms with van der Waals surface area (Å²) in [6, 6.07) is 6.01. The summed E-state index contributed by atoms with van der Waals surface area (Å²) in [7, 11) is 2.09. The van der Waals surface area contributed by atoms with Crippen LogP contribution in [0.25, 0.3) is 0 Å². The molecule has 0 bridgehead atoms. The second kappa shape index (κ2) is 5.09. The van der Waals surface area contributed by atoms with E-state index < -0.39 is 0 Å². The van der Waals surface area contributed by atoms with Crippen molar-refractivity contribution in [2.45, 2.75) is 13.1 Å². The van der Waals surface area contributed by atoms with Gasteiger partial charge in [0.05, 0.1) is 17.6 Å². The fourth-order valence-electron chi connectivity index (χ4n) is 1.56. The predicted octanol–water partition coefficient (Wildman–Crippen LogP) is 2.36. The lowest BCUT2D eigenvalue weighted by Gasteiger charge is -2.15. The van der Waals surface area contributed by atoms with Gasteiger partial charge in [0.2, 0.25) is 0 Å². The Morgan fingerprint density at radius 3 is 2.81 bits per heavy atom. The van der Waals surface area contributed by atoms with Gasteiger partial charge in [-0.25, -0.2) is 0 Å². The molecule has 0 aliphatic carbocycles. The molecule has 0 spiro atoms. The van der Waals surface area contributed by atoms with Gasteiger partial charge in [-0.05, 0) is 41.6 Å². The minimum Gasteiger partial charge on any atom is -0.397 e. The van der Waals surface area contributed by atoms with Gasteiger partial charge in [0.15, 0.2) is 0 Å². The van der Waals surface area contributed by atoms with E-state index in [-0.39, 0.29) is 0 Å². The van der Waals surface area contributed by atoms with Gasteiger partial charge < -0.3 is 5.73 Å². The van der Waals surface area contributed by atoms with Crippen LogP contribution in [0.5, 0.6) is 0 Å². The zero-order valence-corrected chi connectivity index (χ0v) is 10.1. The standard InChI is InChI=1S/C12H15N3S/c1-15(7-10-4-5-16-9-10)8-12-3-2-11(13)6-14-12/h2-6,9H,7-8,13H2,1H3. The van der Waals surface area contributed by atoms with E-state index in [0.717, 1.165) is 18.8 Å². The van der Waals surface area contributed by atoms with Crippen LogP contribution in [0.4, 0.5) is 5.69 Å². The van der Waals surface area contributed by atoms with Crippen molar-refractivity contribution in [1.29, 1.82) is 0 Å². The summed E-state index contributed by atoms with van der Waals surface area (Å²) in [5.41, 5.74) is 8.70. The van der Waals surface area contributed by atoms with Crippen molar-refractivity contribution in [3.8, 4) is 0 Å². The van der Waals surface area contributed by atoms with Gasteiger partial charge in [-0.3, -0.25) is 9.88 Å². The summed E-state index contributed by atoms with van der Waals surface area (Å²) in [6.07, 6.45) is 1.70. The Balaban J connectivity index is 1.92. The van der Waals surface area contributed by atoms with Crippen LogP contribution in [-0.2, 0) is 13.1 Å². The number of anilines is 1. The van der Waals surface area contributed by atoms with E-state index in [9.17, 15) is 0 Å². The highest BCUT2D eigenvalue weighted by Gasteiger charge is 2.02. The van der Waals surface area contributed by atoms with Gasteiger partial charge in [0.25, 0.3) is 0 Å². The summed E-state index contributed by atoms with van der Waals surface area (Å²) in [4.78, 5) is 6.52. The smallest absolute Gasteiger partial charge is 0.0545 e. The minimum atomic E-state index is 0.712. The molecular formula is C12H15N3S. The van der Waals surface area contributed by atoms with Crippen molar-refractivity contribution < 1.29 is 0 Å². The molecule has 4 heteroatoms. The number of thiophene rings is 1. The molecule has 0 atom stereocenters. The number of nitrogen functional groups attached to an aromatic ring is 1. The molecule has 2 aromatic heterocycles. The van der Waals surface area contributed by atoms with Crippen LogP contribution >= 0.6 is 11.3 Å². The van der Waals surface area contributed by atoms with Crippen LogP contribution in [0.2, 0.25) is 0 Å². The summed E-state index contributed by atoms with van der Waals surface area (Å²) >= 11 is 1.73. The number of hydrogen-bond donors (Lipinski definition) is 1. The Bertz CT molecular complexity index is 422. The average molecular weight is 233 g/mol. The molecule has 2 aromatic rings. The largest absolute Gasteiger partial charge is 0.397 e. The molecule has 0 fully saturated rings. The third-order valence-corrected chi connectivity index (χ3v) is 3.04. The quantitative estimate of drug-likeness (QED) is 0.881. The van der Waals surface area contributed by atoms with Gasteiger partial charge in [-0.15, -0.1) is 0 Å². The molecule has 2 rings (SSSR count). The molecule has 0 unspecified atom stereocenters. The minimum absolute atomic E-state index is 0.712. The van der Waals surface area contributed by atoms with E-state index in [1.807, 2.05) is 12.1 Å². The molecule has 0 aromatic carbocycles. The highest BCUT2D eigenvalue weighted by atomic mass is 32.1. The zero-order valence-electron chi connectivity index (χ0n) is 9.26. The average Bonchev–Trinajstić information content (AvgIpc) is 2.74. The van der Waals surface area contributed by atoms with E-state index >= 15 is 0 Å². The third-order valence-electron chi connectivity index (χ3n) is 2.31. The number of hydrogen-bond acceptors (Lipinski definition) is 4. The number of nitrogens with zero attached hydrogens (tertiary/aromatic N) is 2. The van der Waals surface area contributed by atoms with Crippen molar-refractivity contribution in [2.75, 3.05) is 12.8 Å². The SMILES string of the molecule is CN(Cc1ccsc1)Cc1ccc(N)cn1. The zero-order chi connectivity index (χ0) is 11.4. The maximum absolute atomic E-state index is 5.59. The van der Waals surface area contributed by atoms with E-state index in [1.54, 1.807) is 17.5 Å². The highest BCUT2D eigenvalue weighted by molar-refractivity contribution is 7.07. The number of nitrogens with two attached hydrogens (primary N) is 1. The van der Waals surface area contributed by atoms with Crippen LogP contribution in [-0.4, -0.2) is 16.9 Å². The summed E-state index contributed by atoms with van der Waals surface area (Å²) in [5.74, 6) is 0. The molecule has 3 nitrogen and oxygen atoms in total. The first-order chi connectivity index (χ1) is 7.74. The van der Waals surface area contributed by atoms with Crippen LogP contribution in [0.15, 0.2) is 35.2 Å². The normalized spacial score (nSPS) is 10.9. The number of pyridine rings is 1. The van der Waals surface area contributed by atoms with Crippen molar-refractivity contribution in [3.63, 3.8) is 0 Å². The van der Waals surface area contributed by atoms with Crippen LogP contribution in [0.3, 0.4) is 0 Å². The van der Waals surface area contributed by atoms with Gasteiger partial charge in [-0.2, -0.15) is 11.3 Å². The molecule has 0 aliphatic heterocycles. The summed E-state index contributed by atoms with van der Waals surface area (Å²) in [6.45, 7) is 1.80. The van der Waals surface area contributed by atoms with Crippen molar-refractivity contribution >= 4 is 17.0 Å². The molecule has 0 aliphatic rings. The second-order valence-electron chi connectivity index (χ2n) is 3.89. The van der Waals surface area contributed by atoms with Crippen molar-refractivity contribution in [2.24, 2.45) is 0 Å². The Morgan fingerprint density at radius 2 is 2.19 bits per heavy atom. The van der Waals surface area contributed by atoms with Crippen LogP contribution in [0, 0.1) is 0 Å². The summed E-state index contributed by atoms with van der Waals surface area (Å²) < 4.78 is 0. The van der Waals surface area contributed by atoms with Gasteiger partial charge in [-0.1, -0.05) is 0 Å². The lowest BCUT2D eigenvalue weighted by atomic mass is 10.3. The maximum atomic E-state index is 5.59. The van der Waals surface area contributed by atoms with E-state index in [4.69, 9.17) is 5.73 Å². The van der Waals surface area contributed by atoms with E-state index in [1.165, 1.54) is 5.56 Å². The molecule has 2 N–H and O–H groups in total. The van der Waals surface area contributed by atoms with Gasteiger partial charge in [0, 0.05) is 13.1 Å². The fourth-order valence-corrected chi connectivity index (χ4v) is 2.22. The first-order valence-electron chi connectivity index (χ1n) is 5.14. The van der Waals surface area contributed by atoms with Crippen molar-refractivity contribution in [3.05, 3.63) is 46.4 Å². The lowest BCUT2D eigenvalue weighted by molar-refractivity contribution is 0.315. The van der Waals surface area contributed by atoms with E-state index in [2.05, 4.69) is 33.8 Å². The first kappa shape index (κ1) is 11.1. The number of rotatable bonds is 4.